The molecule has 13 heteroatoms. The van der Waals surface area contributed by atoms with E-state index in [2.05, 4.69) is 10.1 Å². The number of piperidine rings is 1. The predicted octanol–water partition coefficient (Wildman–Crippen LogP) is 3.55. The van der Waals surface area contributed by atoms with Crippen molar-refractivity contribution in [2.45, 2.75) is 30.2 Å². The molecule has 1 aliphatic rings. The number of nitrogens with zero attached hydrogens (tertiary/aromatic N) is 2. The number of hydrogen-bond acceptors (Lipinski definition) is 8. The summed E-state index contributed by atoms with van der Waals surface area (Å²) in [6.45, 7) is 2.23. The van der Waals surface area contributed by atoms with Crippen LogP contribution in [0.15, 0.2) is 47.4 Å². The highest BCUT2D eigenvalue weighted by Gasteiger charge is 2.31. The number of rotatable bonds is 10. The number of ether oxygens (including phenoxy) is 2. The lowest BCUT2D eigenvalue weighted by atomic mass is 10.1. The molecule has 0 unspecified atom stereocenters. The van der Waals surface area contributed by atoms with Crippen molar-refractivity contribution in [1.29, 1.82) is 0 Å². The molecule has 37 heavy (non-hydrogen) atoms. The monoisotopic (exact) mass is 542 g/mol. The number of carbonyl (C=O) groups excluding carboxylic acids is 2. The Hall–Kier alpha value is -3.00. The van der Waals surface area contributed by atoms with Crippen LogP contribution in [0, 0.1) is 0 Å². The first-order valence-corrected chi connectivity index (χ1v) is 12.3. The van der Waals surface area contributed by atoms with Crippen LogP contribution >= 0.6 is 11.9 Å². The molecule has 1 heterocycles. The van der Waals surface area contributed by atoms with Crippen LogP contribution in [0.2, 0.25) is 0 Å². The van der Waals surface area contributed by atoms with Crippen LogP contribution < -0.4 is 20.3 Å². The van der Waals surface area contributed by atoms with Crippen molar-refractivity contribution in [3.63, 3.8) is 0 Å². The maximum absolute atomic E-state index is 12.7. The van der Waals surface area contributed by atoms with Crippen LogP contribution in [-0.4, -0.2) is 79.0 Å². The Morgan fingerprint density at radius 2 is 1.73 bits per heavy atom. The van der Waals surface area contributed by atoms with Gasteiger partial charge in [0.2, 0.25) is 0 Å². The topological polar surface area (TPSA) is 103 Å². The second-order valence-corrected chi connectivity index (χ2v) is 9.67. The van der Waals surface area contributed by atoms with Gasteiger partial charge in [-0.2, -0.15) is 0 Å². The molecule has 202 valence electrons. The molecule has 1 saturated heterocycles. The molecule has 1 aliphatic heterocycles. The van der Waals surface area contributed by atoms with Crippen LogP contribution in [0.1, 0.15) is 33.6 Å². The van der Waals surface area contributed by atoms with Gasteiger partial charge >= 0.3 is 6.36 Å². The van der Waals surface area contributed by atoms with Crippen molar-refractivity contribution in [3.05, 3.63) is 53.6 Å². The first-order chi connectivity index (χ1) is 17.6. The van der Waals surface area contributed by atoms with E-state index < -0.39 is 18.2 Å². The van der Waals surface area contributed by atoms with Gasteiger partial charge in [0.25, 0.3) is 11.8 Å². The number of hydroxylamine groups is 1. The summed E-state index contributed by atoms with van der Waals surface area (Å²) in [5.41, 5.74) is 1.87. The van der Waals surface area contributed by atoms with Gasteiger partial charge in [0.05, 0.1) is 11.1 Å². The molecule has 2 amide bonds. The SMILES string of the molecule is CN(C)CCNC(=O)c1cccc(SN2CCC(Oc3ccc(OC(F)(F)F)cc3)CC2)c1C(=O)NO. The standard InChI is InChI=1S/C24H29F3N4O5S/c1-30(2)15-12-28-22(32)19-4-3-5-20(21(19)23(33)29-34)37-31-13-10-17(11-14-31)35-16-6-8-18(9-7-16)36-24(25,26)27/h3-9,17,34H,10-15H2,1-2H3,(H,28,32)(H,29,33). The van der Waals surface area contributed by atoms with E-state index in [-0.39, 0.29) is 23.0 Å². The fraction of sp³-hybridized carbons (Fsp3) is 0.417. The third-order valence-corrected chi connectivity index (χ3v) is 6.59. The summed E-state index contributed by atoms with van der Waals surface area (Å²) in [5.74, 6) is -1.07. The van der Waals surface area contributed by atoms with Crippen LogP contribution in [-0.2, 0) is 0 Å². The molecule has 2 aromatic carbocycles. The lowest BCUT2D eigenvalue weighted by Gasteiger charge is -2.31. The highest BCUT2D eigenvalue weighted by atomic mass is 32.2. The van der Waals surface area contributed by atoms with Gasteiger partial charge in [-0.1, -0.05) is 6.07 Å². The number of amides is 2. The number of carbonyl (C=O) groups is 2. The van der Waals surface area contributed by atoms with E-state index >= 15 is 0 Å². The number of benzene rings is 2. The van der Waals surface area contributed by atoms with E-state index in [1.165, 1.54) is 42.3 Å². The smallest absolute Gasteiger partial charge is 0.490 e. The molecular weight excluding hydrogens is 513 g/mol. The first-order valence-electron chi connectivity index (χ1n) is 11.5. The molecule has 0 bridgehead atoms. The van der Waals surface area contributed by atoms with E-state index in [4.69, 9.17) is 4.74 Å². The zero-order chi connectivity index (χ0) is 27.0. The van der Waals surface area contributed by atoms with Gasteiger partial charge < -0.3 is 19.7 Å². The summed E-state index contributed by atoms with van der Waals surface area (Å²) < 4.78 is 48.7. The van der Waals surface area contributed by atoms with Gasteiger partial charge in [-0.3, -0.25) is 14.8 Å². The summed E-state index contributed by atoms with van der Waals surface area (Å²) in [4.78, 5) is 27.6. The Kier molecular flexibility index (Phi) is 10.0. The van der Waals surface area contributed by atoms with Crippen molar-refractivity contribution < 1.29 is 37.4 Å². The van der Waals surface area contributed by atoms with Crippen molar-refractivity contribution in [1.82, 2.24) is 20.0 Å². The molecule has 0 atom stereocenters. The van der Waals surface area contributed by atoms with E-state index in [0.29, 0.717) is 49.7 Å². The Balaban J connectivity index is 1.60. The molecular formula is C24H29F3N4O5S. The maximum atomic E-state index is 12.7. The normalized spacial score (nSPS) is 14.9. The Bertz CT molecular complexity index is 1060. The third-order valence-electron chi connectivity index (χ3n) is 5.43. The Labute approximate surface area is 217 Å². The summed E-state index contributed by atoms with van der Waals surface area (Å²) in [6, 6.07) is 10.2. The summed E-state index contributed by atoms with van der Waals surface area (Å²) in [6.07, 6.45) is -3.61. The lowest BCUT2D eigenvalue weighted by molar-refractivity contribution is -0.274. The number of halogens is 3. The molecule has 0 saturated carbocycles. The predicted molar refractivity (Wildman–Crippen MR) is 131 cm³/mol. The molecule has 0 aliphatic carbocycles. The zero-order valence-electron chi connectivity index (χ0n) is 20.4. The van der Waals surface area contributed by atoms with Crippen molar-refractivity contribution in [2.75, 3.05) is 40.3 Å². The third kappa shape index (κ3) is 8.81. The second kappa shape index (κ2) is 13.0. The molecule has 0 spiro atoms. The second-order valence-electron chi connectivity index (χ2n) is 8.54. The largest absolute Gasteiger partial charge is 0.573 e. The van der Waals surface area contributed by atoms with E-state index in [0.717, 1.165) is 0 Å². The highest BCUT2D eigenvalue weighted by Crippen LogP contribution is 2.32. The quantitative estimate of drug-likeness (QED) is 0.238. The van der Waals surface area contributed by atoms with Crippen LogP contribution in [0.25, 0.3) is 0 Å². The molecule has 0 radical (unpaired) electrons. The van der Waals surface area contributed by atoms with Crippen molar-refractivity contribution in [2.24, 2.45) is 0 Å². The summed E-state index contributed by atoms with van der Waals surface area (Å²) >= 11 is 1.31. The fourth-order valence-electron chi connectivity index (χ4n) is 3.67. The minimum Gasteiger partial charge on any atom is -0.490 e. The molecule has 3 N–H and O–H groups in total. The minimum atomic E-state index is -4.75. The fourth-order valence-corrected chi connectivity index (χ4v) is 4.77. The van der Waals surface area contributed by atoms with Gasteiger partial charge in [0.1, 0.15) is 17.6 Å². The van der Waals surface area contributed by atoms with E-state index in [1.54, 1.807) is 17.6 Å². The van der Waals surface area contributed by atoms with Gasteiger partial charge in [-0.15, -0.1) is 13.2 Å². The highest BCUT2D eigenvalue weighted by molar-refractivity contribution is 7.97. The number of likely N-dealkylation sites (N-methyl/N-ethyl adjacent to an activating group) is 1. The Morgan fingerprint density at radius 1 is 1.08 bits per heavy atom. The average Bonchev–Trinajstić information content (AvgIpc) is 2.84. The van der Waals surface area contributed by atoms with Crippen molar-refractivity contribution >= 4 is 23.8 Å². The van der Waals surface area contributed by atoms with Crippen LogP contribution in [0.3, 0.4) is 0 Å². The molecule has 2 aromatic rings. The number of nitrogens with one attached hydrogen (secondary N) is 2. The van der Waals surface area contributed by atoms with Gasteiger partial charge in [-0.05, 0) is 75.3 Å². The van der Waals surface area contributed by atoms with Gasteiger partial charge in [0, 0.05) is 31.1 Å². The molecule has 1 fully saturated rings. The number of alkyl halides is 3. The lowest BCUT2D eigenvalue weighted by Crippen LogP contribution is -2.35. The average molecular weight is 543 g/mol. The molecule has 9 nitrogen and oxygen atoms in total. The van der Waals surface area contributed by atoms with Gasteiger partial charge in [-0.25, -0.2) is 9.79 Å². The minimum absolute atomic E-state index is 0.0805. The van der Waals surface area contributed by atoms with Crippen LogP contribution in [0.5, 0.6) is 11.5 Å². The Morgan fingerprint density at radius 3 is 2.32 bits per heavy atom. The number of hydrogen-bond donors (Lipinski definition) is 3. The maximum Gasteiger partial charge on any atom is 0.573 e. The van der Waals surface area contributed by atoms with Gasteiger partial charge in [0.15, 0.2) is 0 Å². The summed E-state index contributed by atoms with van der Waals surface area (Å²) in [7, 11) is 3.76. The first kappa shape index (κ1) is 28.6. The van der Waals surface area contributed by atoms with E-state index in [1.807, 2.05) is 23.3 Å². The molecule has 0 aromatic heterocycles. The van der Waals surface area contributed by atoms with Crippen LogP contribution in [0.4, 0.5) is 13.2 Å². The summed E-state index contributed by atoms with van der Waals surface area (Å²) in [5, 5.41) is 12.1. The van der Waals surface area contributed by atoms with Crippen molar-refractivity contribution in [3.8, 4) is 11.5 Å². The van der Waals surface area contributed by atoms with E-state index in [9.17, 15) is 28.0 Å². The zero-order valence-corrected chi connectivity index (χ0v) is 21.2. The molecule has 3 rings (SSSR count).